The molecule has 1 aliphatic carbocycles. The lowest BCUT2D eigenvalue weighted by molar-refractivity contribution is 0.414. The summed E-state index contributed by atoms with van der Waals surface area (Å²) in [5.41, 5.74) is 4.67. The van der Waals surface area contributed by atoms with Gasteiger partial charge in [-0.1, -0.05) is 12.1 Å². The van der Waals surface area contributed by atoms with Gasteiger partial charge in [0, 0.05) is 10.7 Å². The highest BCUT2D eigenvalue weighted by molar-refractivity contribution is 9.15. The Morgan fingerprint density at radius 1 is 1.04 bits per heavy atom. The van der Waals surface area contributed by atoms with Crippen LogP contribution in [0.3, 0.4) is 0 Å². The molecule has 120 valence electrons. The molecule has 0 N–H and O–H groups in total. The predicted octanol–water partition coefficient (Wildman–Crippen LogP) is 4.31. The minimum absolute atomic E-state index is 0.346. The Morgan fingerprint density at radius 2 is 1.74 bits per heavy atom. The minimum atomic E-state index is -3.16. The quantitative estimate of drug-likeness (QED) is 0.781. The lowest BCUT2D eigenvalue weighted by Gasteiger charge is -2.21. The first-order valence-electron chi connectivity index (χ1n) is 7.26. The molecular weight excluding hydrogens is 376 g/mol. The fourth-order valence-corrected chi connectivity index (χ4v) is 4.27. The van der Waals surface area contributed by atoms with E-state index in [1.165, 1.54) is 23.0 Å². The van der Waals surface area contributed by atoms with Crippen molar-refractivity contribution in [3.8, 4) is 5.75 Å². The van der Waals surface area contributed by atoms with Crippen LogP contribution in [0.2, 0.25) is 0 Å². The highest BCUT2D eigenvalue weighted by Crippen LogP contribution is 2.41. The number of rotatable bonds is 3. The molecule has 1 aliphatic rings. The Bertz CT molecular complexity index is 881. The second-order valence-electron chi connectivity index (χ2n) is 5.61. The van der Waals surface area contributed by atoms with Gasteiger partial charge in [0.15, 0.2) is 9.84 Å². The van der Waals surface area contributed by atoms with Crippen LogP contribution in [0.5, 0.6) is 5.75 Å². The maximum Gasteiger partial charge on any atom is 0.175 e. The second-order valence-corrected chi connectivity index (χ2v) is 8.42. The summed E-state index contributed by atoms with van der Waals surface area (Å²) in [6, 6.07) is 13.2. The van der Waals surface area contributed by atoms with Crippen LogP contribution in [0, 0.1) is 0 Å². The summed E-state index contributed by atoms with van der Waals surface area (Å²) < 4.78 is 29.5. The van der Waals surface area contributed by atoms with Crippen LogP contribution in [0.15, 0.2) is 47.4 Å². The molecule has 0 aromatic heterocycles. The molecule has 3 rings (SSSR count). The predicted molar refractivity (Wildman–Crippen MR) is 96.6 cm³/mol. The van der Waals surface area contributed by atoms with E-state index in [0.29, 0.717) is 4.90 Å². The van der Waals surface area contributed by atoms with Crippen molar-refractivity contribution in [1.82, 2.24) is 0 Å². The molecule has 0 atom stereocenters. The van der Waals surface area contributed by atoms with Gasteiger partial charge in [0.25, 0.3) is 0 Å². The molecule has 2 aromatic carbocycles. The number of fused-ring (bicyclic) bond motifs is 1. The molecule has 0 amide bonds. The zero-order chi connectivity index (χ0) is 16.6. The molecule has 0 unspecified atom stereocenters. The van der Waals surface area contributed by atoms with Gasteiger partial charge < -0.3 is 4.74 Å². The number of hydrogen-bond acceptors (Lipinski definition) is 3. The van der Waals surface area contributed by atoms with Gasteiger partial charge in [0.2, 0.25) is 0 Å². The fraction of sp³-hybridized carbons (Fsp3) is 0.222. The first kappa shape index (κ1) is 16.3. The normalized spacial score (nSPS) is 14.6. The van der Waals surface area contributed by atoms with Crippen molar-refractivity contribution >= 4 is 35.8 Å². The van der Waals surface area contributed by atoms with Gasteiger partial charge in [-0.25, -0.2) is 8.42 Å². The summed E-state index contributed by atoms with van der Waals surface area (Å²) in [6.45, 7) is 0. The van der Waals surface area contributed by atoms with E-state index < -0.39 is 9.84 Å². The zero-order valence-electron chi connectivity index (χ0n) is 13.0. The molecule has 23 heavy (non-hydrogen) atoms. The molecule has 0 saturated heterocycles. The van der Waals surface area contributed by atoms with E-state index in [0.717, 1.165) is 28.6 Å². The molecule has 0 saturated carbocycles. The molecule has 0 fully saturated rings. The van der Waals surface area contributed by atoms with Gasteiger partial charge in [-0.3, -0.25) is 0 Å². The lowest BCUT2D eigenvalue weighted by atomic mass is 9.88. The van der Waals surface area contributed by atoms with E-state index in [9.17, 15) is 8.42 Å². The maximum atomic E-state index is 11.6. The fourth-order valence-electron chi connectivity index (χ4n) is 2.82. The first-order valence-corrected chi connectivity index (χ1v) is 9.95. The SMILES string of the molecule is COc1ccc2c(c1)CCC(c1ccc(S(C)(=O)=O)cc1)=C2Br. The number of benzene rings is 2. The van der Waals surface area contributed by atoms with E-state index in [1.54, 1.807) is 19.2 Å². The number of halogens is 1. The minimum Gasteiger partial charge on any atom is -0.497 e. The van der Waals surface area contributed by atoms with Crippen LogP contribution in [-0.4, -0.2) is 21.8 Å². The molecule has 3 nitrogen and oxygen atoms in total. The summed E-state index contributed by atoms with van der Waals surface area (Å²) in [7, 11) is -1.49. The topological polar surface area (TPSA) is 43.4 Å². The Labute approximate surface area is 145 Å². The van der Waals surface area contributed by atoms with Crippen LogP contribution >= 0.6 is 15.9 Å². The van der Waals surface area contributed by atoms with Gasteiger partial charge >= 0.3 is 0 Å². The van der Waals surface area contributed by atoms with Crippen molar-refractivity contribution in [3.05, 3.63) is 59.2 Å². The molecule has 5 heteroatoms. The third-order valence-corrected chi connectivity index (χ3v) is 6.12. The average molecular weight is 393 g/mol. The summed E-state index contributed by atoms with van der Waals surface area (Å²) in [5.74, 6) is 0.866. The maximum absolute atomic E-state index is 11.6. The van der Waals surface area contributed by atoms with E-state index in [-0.39, 0.29) is 0 Å². The molecule has 0 bridgehead atoms. The molecule has 2 aromatic rings. The highest BCUT2D eigenvalue weighted by atomic mass is 79.9. The number of aryl methyl sites for hydroxylation is 1. The number of allylic oxidation sites excluding steroid dienone is 1. The standard InChI is InChI=1S/C18H17BrO3S/c1-22-14-6-10-17-13(11-14)5-9-16(18(17)19)12-3-7-15(8-4-12)23(2,20)21/h3-4,6-8,10-11H,5,9H2,1-2H3. The monoisotopic (exact) mass is 392 g/mol. The number of hydrogen-bond donors (Lipinski definition) is 0. The third kappa shape index (κ3) is 3.21. The van der Waals surface area contributed by atoms with Crippen LogP contribution in [0.1, 0.15) is 23.1 Å². The van der Waals surface area contributed by atoms with E-state index in [1.807, 2.05) is 18.2 Å². The van der Waals surface area contributed by atoms with E-state index in [4.69, 9.17) is 4.74 Å². The van der Waals surface area contributed by atoms with Crippen molar-refractivity contribution in [2.75, 3.05) is 13.4 Å². The highest BCUT2D eigenvalue weighted by Gasteiger charge is 2.19. The van der Waals surface area contributed by atoms with Gasteiger partial charge in [0.05, 0.1) is 12.0 Å². The average Bonchev–Trinajstić information content (AvgIpc) is 2.54. The van der Waals surface area contributed by atoms with Crippen LogP contribution in [-0.2, 0) is 16.3 Å². The smallest absolute Gasteiger partial charge is 0.175 e. The third-order valence-electron chi connectivity index (χ3n) is 4.09. The molecule has 0 radical (unpaired) electrons. The van der Waals surface area contributed by atoms with Crippen molar-refractivity contribution in [2.24, 2.45) is 0 Å². The molecule has 0 heterocycles. The molecule has 0 spiro atoms. The molecular formula is C18H17BrO3S. The molecule has 0 aliphatic heterocycles. The van der Waals surface area contributed by atoms with Crippen molar-refractivity contribution < 1.29 is 13.2 Å². The zero-order valence-corrected chi connectivity index (χ0v) is 15.4. The lowest BCUT2D eigenvalue weighted by Crippen LogP contribution is -2.03. The first-order chi connectivity index (χ1) is 10.9. The Morgan fingerprint density at radius 3 is 2.35 bits per heavy atom. The van der Waals surface area contributed by atoms with Crippen molar-refractivity contribution in [3.63, 3.8) is 0 Å². The van der Waals surface area contributed by atoms with Crippen LogP contribution in [0.25, 0.3) is 10.1 Å². The van der Waals surface area contributed by atoms with Gasteiger partial charge in [-0.2, -0.15) is 0 Å². The Kier molecular flexibility index (Phi) is 4.34. The summed E-state index contributed by atoms with van der Waals surface area (Å²) in [6.07, 6.45) is 3.06. The van der Waals surface area contributed by atoms with E-state index >= 15 is 0 Å². The van der Waals surface area contributed by atoms with Crippen LogP contribution < -0.4 is 4.74 Å². The summed E-state index contributed by atoms with van der Waals surface area (Å²) >= 11 is 3.72. The number of sulfone groups is 1. The van der Waals surface area contributed by atoms with Gasteiger partial charge in [0.1, 0.15) is 5.75 Å². The summed E-state index contributed by atoms with van der Waals surface area (Å²) in [4.78, 5) is 0.346. The van der Waals surface area contributed by atoms with E-state index in [2.05, 4.69) is 28.1 Å². The van der Waals surface area contributed by atoms with Gasteiger partial charge in [-0.15, -0.1) is 0 Å². The Hall–Kier alpha value is -1.59. The Balaban J connectivity index is 2.02. The van der Waals surface area contributed by atoms with Crippen molar-refractivity contribution in [2.45, 2.75) is 17.7 Å². The second kappa shape index (κ2) is 6.13. The largest absolute Gasteiger partial charge is 0.497 e. The number of methoxy groups -OCH3 is 1. The summed E-state index contributed by atoms with van der Waals surface area (Å²) in [5, 5.41) is 0. The van der Waals surface area contributed by atoms with Crippen molar-refractivity contribution in [1.29, 1.82) is 0 Å². The van der Waals surface area contributed by atoms with Gasteiger partial charge in [-0.05, 0) is 81.4 Å². The number of ether oxygens (including phenoxy) is 1. The van der Waals surface area contributed by atoms with Crippen LogP contribution in [0.4, 0.5) is 0 Å².